The van der Waals surface area contributed by atoms with Gasteiger partial charge in [-0.05, 0) is 70.2 Å². The second kappa shape index (κ2) is 5.13. The zero-order valence-corrected chi connectivity index (χ0v) is 9.47. The first-order valence-electron chi connectivity index (χ1n) is 6.27. The molecule has 1 atom stereocenters. The number of hydrogen-bond donors (Lipinski definition) is 1. The second-order valence-corrected chi connectivity index (χ2v) is 5.17. The van der Waals surface area contributed by atoms with Gasteiger partial charge in [-0.3, -0.25) is 0 Å². The first-order chi connectivity index (χ1) is 6.84. The number of piperidine rings is 1. The molecule has 0 saturated carbocycles. The fourth-order valence-electron chi connectivity index (χ4n) is 2.61. The van der Waals surface area contributed by atoms with Crippen molar-refractivity contribution in [2.45, 2.75) is 32.6 Å². The van der Waals surface area contributed by atoms with Crippen molar-refractivity contribution in [3.05, 3.63) is 0 Å². The Bertz CT molecular complexity index is 156. The normalized spacial score (nSPS) is 31.1. The summed E-state index contributed by atoms with van der Waals surface area (Å²) in [7, 11) is 0. The number of hydrogen-bond acceptors (Lipinski definition) is 2. The molecule has 2 fully saturated rings. The molecule has 0 amide bonds. The molecule has 2 aliphatic rings. The molecule has 0 unspecified atom stereocenters. The van der Waals surface area contributed by atoms with Crippen LogP contribution in [0.3, 0.4) is 0 Å². The summed E-state index contributed by atoms with van der Waals surface area (Å²) in [5.41, 5.74) is 0. The Labute approximate surface area is 88.1 Å². The van der Waals surface area contributed by atoms with Crippen molar-refractivity contribution < 1.29 is 0 Å². The van der Waals surface area contributed by atoms with Gasteiger partial charge in [-0.25, -0.2) is 0 Å². The van der Waals surface area contributed by atoms with Crippen molar-refractivity contribution in [3.63, 3.8) is 0 Å². The number of nitrogens with one attached hydrogen (secondary N) is 1. The van der Waals surface area contributed by atoms with Crippen LogP contribution in [0.1, 0.15) is 32.6 Å². The SMILES string of the molecule is CC1CCN(CC[C@@H]2CCNC2)CC1. The van der Waals surface area contributed by atoms with E-state index in [4.69, 9.17) is 0 Å². The Balaban J connectivity index is 1.60. The van der Waals surface area contributed by atoms with E-state index < -0.39 is 0 Å². The van der Waals surface area contributed by atoms with E-state index in [1.165, 1.54) is 58.4 Å². The Morgan fingerprint density at radius 2 is 2.00 bits per heavy atom. The minimum absolute atomic E-state index is 0.967. The molecule has 0 aromatic carbocycles. The van der Waals surface area contributed by atoms with Crippen LogP contribution in [0.15, 0.2) is 0 Å². The molecule has 0 aliphatic carbocycles. The molecule has 2 nitrogen and oxygen atoms in total. The standard InChI is InChI=1S/C12H24N2/c1-11-3-7-14(8-4-11)9-5-12-2-6-13-10-12/h11-13H,2-10H2,1H3/t12-/m0/s1. The second-order valence-electron chi connectivity index (χ2n) is 5.17. The van der Waals surface area contributed by atoms with Gasteiger partial charge in [0.15, 0.2) is 0 Å². The maximum atomic E-state index is 3.45. The van der Waals surface area contributed by atoms with E-state index in [1.54, 1.807) is 0 Å². The maximum Gasteiger partial charge on any atom is -0.00156 e. The summed E-state index contributed by atoms with van der Waals surface area (Å²) in [5, 5.41) is 3.45. The topological polar surface area (TPSA) is 15.3 Å². The fraction of sp³-hybridized carbons (Fsp3) is 1.00. The van der Waals surface area contributed by atoms with Gasteiger partial charge >= 0.3 is 0 Å². The molecule has 2 rings (SSSR count). The average Bonchev–Trinajstić information content (AvgIpc) is 2.70. The predicted octanol–water partition coefficient (Wildman–Crippen LogP) is 1.72. The summed E-state index contributed by atoms with van der Waals surface area (Å²) in [4.78, 5) is 2.66. The van der Waals surface area contributed by atoms with E-state index in [2.05, 4.69) is 17.1 Å². The van der Waals surface area contributed by atoms with Crippen LogP contribution in [0.4, 0.5) is 0 Å². The van der Waals surface area contributed by atoms with Crippen LogP contribution in [0.5, 0.6) is 0 Å². The van der Waals surface area contributed by atoms with Crippen molar-refractivity contribution in [1.29, 1.82) is 0 Å². The van der Waals surface area contributed by atoms with Crippen LogP contribution in [0.2, 0.25) is 0 Å². The molecule has 2 heteroatoms. The molecular formula is C12H24N2. The summed E-state index contributed by atoms with van der Waals surface area (Å²) in [5.74, 6) is 1.94. The van der Waals surface area contributed by atoms with Crippen molar-refractivity contribution in [2.24, 2.45) is 11.8 Å². The van der Waals surface area contributed by atoms with E-state index in [9.17, 15) is 0 Å². The van der Waals surface area contributed by atoms with E-state index in [1.807, 2.05) is 0 Å². The highest BCUT2D eigenvalue weighted by Crippen LogP contribution is 2.18. The lowest BCUT2D eigenvalue weighted by Gasteiger charge is -2.30. The van der Waals surface area contributed by atoms with Gasteiger partial charge in [0.1, 0.15) is 0 Å². The van der Waals surface area contributed by atoms with Gasteiger partial charge in [-0.15, -0.1) is 0 Å². The summed E-state index contributed by atoms with van der Waals surface area (Å²) in [6.45, 7) is 8.95. The van der Waals surface area contributed by atoms with Gasteiger partial charge in [0, 0.05) is 0 Å². The van der Waals surface area contributed by atoms with Crippen LogP contribution in [-0.4, -0.2) is 37.6 Å². The van der Waals surface area contributed by atoms with Crippen LogP contribution in [-0.2, 0) is 0 Å². The Kier molecular flexibility index (Phi) is 3.82. The van der Waals surface area contributed by atoms with Crippen LogP contribution < -0.4 is 5.32 Å². The van der Waals surface area contributed by atoms with Gasteiger partial charge in [-0.1, -0.05) is 6.92 Å². The highest BCUT2D eigenvalue weighted by Gasteiger charge is 2.18. The zero-order chi connectivity index (χ0) is 9.80. The zero-order valence-electron chi connectivity index (χ0n) is 9.47. The van der Waals surface area contributed by atoms with Gasteiger partial charge in [-0.2, -0.15) is 0 Å². The molecule has 82 valence electrons. The van der Waals surface area contributed by atoms with Gasteiger partial charge in [0.05, 0.1) is 0 Å². The van der Waals surface area contributed by atoms with E-state index in [-0.39, 0.29) is 0 Å². The van der Waals surface area contributed by atoms with Crippen LogP contribution >= 0.6 is 0 Å². The number of likely N-dealkylation sites (tertiary alicyclic amines) is 1. The third-order valence-corrected chi connectivity index (χ3v) is 3.89. The van der Waals surface area contributed by atoms with Gasteiger partial charge < -0.3 is 10.2 Å². The van der Waals surface area contributed by atoms with Crippen LogP contribution in [0, 0.1) is 11.8 Å². The molecule has 0 aromatic heterocycles. The molecule has 0 aromatic rings. The summed E-state index contributed by atoms with van der Waals surface area (Å²) in [6, 6.07) is 0. The van der Waals surface area contributed by atoms with E-state index >= 15 is 0 Å². The molecule has 2 saturated heterocycles. The summed E-state index contributed by atoms with van der Waals surface area (Å²) < 4.78 is 0. The Morgan fingerprint density at radius 3 is 2.64 bits per heavy atom. The maximum absolute atomic E-state index is 3.45. The Hall–Kier alpha value is -0.0800. The molecule has 0 bridgehead atoms. The number of rotatable bonds is 3. The van der Waals surface area contributed by atoms with Crippen molar-refractivity contribution in [1.82, 2.24) is 10.2 Å². The molecular weight excluding hydrogens is 172 g/mol. The lowest BCUT2D eigenvalue weighted by Crippen LogP contribution is -2.34. The Morgan fingerprint density at radius 1 is 1.21 bits per heavy atom. The molecule has 2 heterocycles. The predicted molar refractivity (Wildman–Crippen MR) is 60.4 cm³/mol. The van der Waals surface area contributed by atoms with Gasteiger partial charge in [0.2, 0.25) is 0 Å². The molecule has 2 aliphatic heterocycles. The molecule has 0 spiro atoms. The minimum atomic E-state index is 0.967. The monoisotopic (exact) mass is 196 g/mol. The molecule has 0 radical (unpaired) electrons. The first-order valence-corrected chi connectivity index (χ1v) is 6.27. The lowest BCUT2D eigenvalue weighted by atomic mass is 9.98. The van der Waals surface area contributed by atoms with Gasteiger partial charge in [0.25, 0.3) is 0 Å². The molecule has 14 heavy (non-hydrogen) atoms. The highest BCUT2D eigenvalue weighted by atomic mass is 15.1. The third kappa shape index (κ3) is 2.96. The highest BCUT2D eigenvalue weighted by molar-refractivity contribution is 4.75. The van der Waals surface area contributed by atoms with Crippen molar-refractivity contribution in [2.75, 3.05) is 32.7 Å². The number of nitrogens with zero attached hydrogens (tertiary/aromatic N) is 1. The summed E-state index contributed by atoms with van der Waals surface area (Å²) in [6.07, 6.45) is 5.66. The smallest absolute Gasteiger partial charge is 0.00156 e. The fourth-order valence-corrected chi connectivity index (χ4v) is 2.61. The largest absolute Gasteiger partial charge is 0.316 e. The lowest BCUT2D eigenvalue weighted by molar-refractivity contribution is 0.182. The molecule has 1 N–H and O–H groups in total. The quantitative estimate of drug-likeness (QED) is 0.739. The van der Waals surface area contributed by atoms with E-state index in [0.29, 0.717) is 0 Å². The van der Waals surface area contributed by atoms with Crippen LogP contribution in [0.25, 0.3) is 0 Å². The van der Waals surface area contributed by atoms with Crippen molar-refractivity contribution >= 4 is 0 Å². The summed E-state index contributed by atoms with van der Waals surface area (Å²) >= 11 is 0. The average molecular weight is 196 g/mol. The first kappa shape index (κ1) is 10.4. The minimum Gasteiger partial charge on any atom is -0.316 e. The van der Waals surface area contributed by atoms with E-state index in [0.717, 1.165) is 11.8 Å². The van der Waals surface area contributed by atoms with Crippen molar-refractivity contribution in [3.8, 4) is 0 Å². The third-order valence-electron chi connectivity index (χ3n) is 3.89.